The molecule has 4 rings (SSSR count). The van der Waals surface area contributed by atoms with Gasteiger partial charge in [0.2, 0.25) is 0 Å². The zero-order chi connectivity index (χ0) is 26.5. The molecule has 1 atom stereocenters. The lowest BCUT2D eigenvalue weighted by Gasteiger charge is -2.35. The van der Waals surface area contributed by atoms with E-state index in [2.05, 4.69) is 14.8 Å². The molecule has 0 amide bonds. The van der Waals surface area contributed by atoms with Crippen molar-refractivity contribution in [3.05, 3.63) is 52.8 Å². The number of benzene rings is 1. The molecule has 0 spiro atoms. The quantitative estimate of drug-likeness (QED) is 0.610. The molecule has 36 heavy (non-hydrogen) atoms. The van der Waals surface area contributed by atoms with Gasteiger partial charge in [-0.1, -0.05) is 0 Å². The van der Waals surface area contributed by atoms with Crippen LogP contribution in [0.4, 0.5) is 32.0 Å². The highest BCUT2D eigenvalue weighted by Crippen LogP contribution is 2.50. The summed E-state index contributed by atoms with van der Waals surface area (Å²) in [4.78, 5) is 20.9. The van der Waals surface area contributed by atoms with Crippen molar-refractivity contribution in [1.29, 1.82) is 0 Å². The van der Waals surface area contributed by atoms with Crippen molar-refractivity contribution in [1.82, 2.24) is 9.88 Å². The number of Topliss-reactive ketones (excluding diaryl/α,β-unsaturated/α-hetero) is 1. The summed E-state index contributed by atoms with van der Waals surface area (Å²) in [5, 5.41) is 9.68. The monoisotopic (exact) mass is 517 g/mol. The topological polar surface area (TPSA) is 65.9 Å². The summed E-state index contributed by atoms with van der Waals surface area (Å²) in [6.07, 6.45) is -10.5. The van der Waals surface area contributed by atoms with Gasteiger partial charge in [-0.25, -0.2) is 0 Å². The van der Waals surface area contributed by atoms with Crippen molar-refractivity contribution in [2.45, 2.75) is 30.8 Å². The number of carbonyl (C=O) groups excluding carboxylic acids is 1. The Kier molecular flexibility index (Phi) is 6.71. The molecule has 1 saturated heterocycles. The number of halogens is 6. The summed E-state index contributed by atoms with van der Waals surface area (Å²) < 4.78 is 85.2. The number of nitrogens with zero attached hydrogens (tertiary/aromatic N) is 3. The van der Waals surface area contributed by atoms with Gasteiger partial charge in [0.1, 0.15) is 5.75 Å². The molecule has 0 saturated carbocycles. The van der Waals surface area contributed by atoms with Crippen molar-refractivity contribution in [2.75, 3.05) is 45.2 Å². The number of likely N-dealkylation sites (N-methyl/N-ethyl adjacent to an activating group) is 1. The zero-order valence-electron chi connectivity index (χ0n) is 19.6. The lowest BCUT2D eigenvalue weighted by Crippen LogP contribution is -2.54. The van der Waals surface area contributed by atoms with Gasteiger partial charge in [-0.05, 0) is 49.2 Å². The summed E-state index contributed by atoms with van der Waals surface area (Å²) in [7, 11) is 3.52. The Labute approximate surface area is 203 Å². The van der Waals surface area contributed by atoms with Crippen LogP contribution in [-0.2, 0) is 18.4 Å². The molecule has 0 radical (unpaired) electrons. The van der Waals surface area contributed by atoms with E-state index >= 15 is 0 Å². The van der Waals surface area contributed by atoms with Crippen LogP contribution >= 0.6 is 0 Å². The van der Waals surface area contributed by atoms with Crippen molar-refractivity contribution in [3.8, 4) is 5.75 Å². The first kappa shape index (κ1) is 26.2. The number of ketones is 1. The van der Waals surface area contributed by atoms with E-state index in [0.717, 1.165) is 43.6 Å². The molecule has 1 aromatic heterocycles. The number of piperazine rings is 1. The Morgan fingerprint density at radius 1 is 1.03 bits per heavy atom. The van der Waals surface area contributed by atoms with Crippen molar-refractivity contribution < 1.29 is 41.0 Å². The molecular formula is C24H25F6N3O3. The first-order chi connectivity index (χ1) is 16.8. The van der Waals surface area contributed by atoms with Crippen LogP contribution in [0.2, 0.25) is 0 Å². The number of rotatable bonds is 5. The summed E-state index contributed by atoms with van der Waals surface area (Å²) in [6.45, 7) is 3.24. The number of hydrogen-bond acceptors (Lipinski definition) is 6. The van der Waals surface area contributed by atoms with Crippen molar-refractivity contribution in [2.24, 2.45) is 5.92 Å². The molecule has 2 aliphatic rings. The van der Waals surface area contributed by atoms with Gasteiger partial charge < -0.3 is 19.6 Å². The summed E-state index contributed by atoms with van der Waals surface area (Å²) in [5.74, 6) is -0.453. The van der Waals surface area contributed by atoms with E-state index in [1.165, 1.54) is 7.11 Å². The minimum Gasteiger partial charge on any atom is -0.495 e. The molecule has 0 bridgehead atoms. The van der Waals surface area contributed by atoms with Crippen molar-refractivity contribution in [3.63, 3.8) is 0 Å². The molecule has 6 nitrogen and oxygen atoms in total. The second-order valence-electron chi connectivity index (χ2n) is 9.23. The SMILES string of the molecule is COc1cc2c(cc1N1CCN(C)CC1)CC(Cc1cncc(C(O)(C(F)(F)F)C(F)(F)F)c1)C2=O. The van der Waals surface area contributed by atoms with Crippen LogP contribution in [0.1, 0.15) is 27.0 Å². The second kappa shape index (κ2) is 9.22. The van der Waals surface area contributed by atoms with E-state index < -0.39 is 29.4 Å². The average Bonchev–Trinajstić information content (AvgIpc) is 3.11. The number of aliphatic hydroxyl groups is 1. The van der Waals surface area contributed by atoms with Crippen LogP contribution in [0.5, 0.6) is 5.75 Å². The third-order valence-electron chi connectivity index (χ3n) is 6.87. The van der Waals surface area contributed by atoms with E-state index in [4.69, 9.17) is 4.74 Å². The minimum atomic E-state index is -6.01. The fourth-order valence-electron chi connectivity index (χ4n) is 4.78. The van der Waals surface area contributed by atoms with Crippen LogP contribution in [0, 0.1) is 5.92 Å². The van der Waals surface area contributed by atoms with Gasteiger partial charge in [0.05, 0.1) is 12.8 Å². The number of methoxy groups -OCH3 is 1. The summed E-state index contributed by atoms with van der Waals surface area (Å²) in [5.41, 5.74) is -4.54. The zero-order valence-corrected chi connectivity index (χ0v) is 19.6. The van der Waals surface area contributed by atoms with Crippen LogP contribution in [-0.4, -0.2) is 73.5 Å². The highest BCUT2D eigenvalue weighted by Gasteiger charge is 2.71. The lowest BCUT2D eigenvalue weighted by molar-refractivity contribution is -0.376. The molecule has 2 aromatic rings. The maximum atomic E-state index is 13.3. The van der Waals surface area contributed by atoms with E-state index in [1.807, 2.05) is 13.1 Å². The standard InChI is InChI=1S/C24H25F6N3O3/c1-32-3-5-33(6-4-32)19-10-15-9-16(21(34)18(15)11-20(19)36-2)7-14-8-17(13-31-12-14)22(35,23(25,26)27)24(28,29)30/h8,10-13,16,35H,3-7,9H2,1-2H3. The fourth-order valence-corrected chi connectivity index (χ4v) is 4.78. The predicted molar refractivity (Wildman–Crippen MR) is 118 cm³/mol. The van der Waals surface area contributed by atoms with Gasteiger partial charge in [0.15, 0.2) is 5.78 Å². The molecular weight excluding hydrogens is 492 g/mol. The predicted octanol–water partition coefficient (Wildman–Crippen LogP) is 3.75. The minimum absolute atomic E-state index is 0.0168. The van der Waals surface area contributed by atoms with Crippen LogP contribution in [0.25, 0.3) is 0 Å². The molecule has 2 heterocycles. The number of ether oxygens (including phenoxy) is 1. The highest BCUT2D eigenvalue weighted by atomic mass is 19.4. The molecule has 1 N–H and O–H groups in total. The first-order valence-corrected chi connectivity index (χ1v) is 11.2. The van der Waals surface area contributed by atoms with E-state index in [0.29, 0.717) is 23.6 Å². The Balaban J connectivity index is 1.60. The van der Waals surface area contributed by atoms with Gasteiger partial charge in [-0.15, -0.1) is 0 Å². The average molecular weight is 517 g/mol. The van der Waals surface area contributed by atoms with Gasteiger partial charge in [-0.2, -0.15) is 26.3 Å². The maximum absolute atomic E-state index is 13.3. The normalized spacial score (nSPS) is 19.5. The van der Waals surface area contributed by atoms with Crippen LogP contribution in [0.3, 0.4) is 0 Å². The third kappa shape index (κ3) is 4.52. The van der Waals surface area contributed by atoms with Gasteiger partial charge in [0, 0.05) is 55.6 Å². The molecule has 1 unspecified atom stereocenters. The number of fused-ring (bicyclic) bond motifs is 1. The number of carbonyl (C=O) groups is 1. The largest absolute Gasteiger partial charge is 0.495 e. The molecule has 1 aromatic carbocycles. The van der Waals surface area contributed by atoms with E-state index in [1.54, 1.807) is 6.07 Å². The van der Waals surface area contributed by atoms with E-state index in [9.17, 15) is 36.2 Å². The Bertz CT molecular complexity index is 1130. The number of alkyl halides is 6. The maximum Gasteiger partial charge on any atom is 0.430 e. The summed E-state index contributed by atoms with van der Waals surface area (Å²) >= 11 is 0. The van der Waals surface area contributed by atoms with E-state index in [-0.39, 0.29) is 24.2 Å². The summed E-state index contributed by atoms with van der Waals surface area (Å²) in [6, 6.07) is 4.13. The Morgan fingerprint density at radius 2 is 1.67 bits per heavy atom. The molecule has 1 aliphatic heterocycles. The molecule has 1 fully saturated rings. The van der Waals surface area contributed by atoms with Crippen LogP contribution < -0.4 is 9.64 Å². The lowest BCUT2D eigenvalue weighted by atomic mass is 9.90. The Hall–Kier alpha value is -2.86. The molecule has 196 valence electrons. The molecule has 1 aliphatic carbocycles. The fraction of sp³-hybridized carbons (Fsp3) is 0.500. The first-order valence-electron chi connectivity index (χ1n) is 11.2. The van der Waals surface area contributed by atoms with Gasteiger partial charge >= 0.3 is 12.4 Å². The smallest absolute Gasteiger partial charge is 0.430 e. The van der Waals surface area contributed by atoms with Gasteiger partial charge in [-0.3, -0.25) is 9.78 Å². The highest BCUT2D eigenvalue weighted by molar-refractivity contribution is 6.03. The number of anilines is 1. The van der Waals surface area contributed by atoms with Crippen molar-refractivity contribution >= 4 is 11.5 Å². The van der Waals surface area contributed by atoms with Gasteiger partial charge in [0.25, 0.3) is 5.60 Å². The molecule has 12 heteroatoms. The Morgan fingerprint density at radius 3 is 2.25 bits per heavy atom. The third-order valence-corrected chi connectivity index (χ3v) is 6.87. The number of hydrogen-bond donors (Lipinski definition) is 1. The van der Waals surface area contributed by atoms with Crippen LogP contribution in [0.15, 0.2) is 30.6 Å². The second-order valence-corrected chi connectivity index (χ2v) is 9.23. The number of pyridine rings is 1. The number of aromatic nitrogens is 1.